The smallest absolute Gasteiger partial charge is 0.340 e. The van der Waals surface area contributed by atoms with Crippen molar-refractivity contribution in [3.05, 3.63) is 100 Å². The first-order valence-electron chi connectivity index (χ1n) is 14.3. The summed E-state index contributed by atoms with van der Waals surface area (Å²) < 4.78 is 19.1. The van der Waals surface area contributed by atoms with Gasteiger partial charge in [0.15, 0.2) is 0 Å². The molecule has 4 nitrogen and oxygen atoms in total. The summed E-state index contributed by atoms with van der Waals surface area (Å²) in [6.07, 6.45) is 9.50. The Labute approximate surface area is 237 Å². The number of halogens is 1. The third kappa shape index (κ3) is 8.05. The van der Waals surface area contributed by atoms with E-state index in [1.165, 1.54) is 63.3 Å². The van der Waals surface area contributed by atoms with Crippen LogP contribution in [-0.2, 0) is 22.5 Å². The minimum absolute atomic E-state index is 0.0411. The summed E-state index contributed by atoms with van der Waals surface area (Å²) in [6, 6.07) is 20.4. The number of carbonyl (C=O) groups is 2. The average molecular weight is 540 g/mol. The first kappa shape index (κ1) is 29.1. The molecule has 0 bridgehead atoms. The Morgan fingerprint density at radius 3 is 2.15 bits per heavy atom. The number of amides is 1. The van der Waals surface area contributed by atoms with Gasteiger partial charge in [-0.25, -0.2) is 9.18 Å². The third-order valence-corrected chi connectivity index (χ3v) is 7.63. The van der Waals surface area contributed by atoms with Crippen LogP contribution in [0.4, 0.5) is 10.1 Å². The van der Waals surface area contributed by atoms with Crippen molar-refractivity contribution < 1.29 is 18.7 Å². The lowest BCUT2D eigenvalue weighted by atomic mass is 10.0. The molecule has 0 spiro atoms. The number of rotatable bonds is 10. The molecule has 1 amide bonds. The summed E-state index contributed by atoms with van der Waals surface area (Å²) in [4.78, 5) is 27.2. The molecule has 1 aliphatic carbocycles. The van der Waals surface area contributed by atoms with Crippen LogP contribution < -0.4 is 4.90 Å². The second-order valence-corrected chi connectivity index (χ2v) is 10.6. The molecule has 0 radical (unpaired) electrons. The lowest BCUT2D eigenvalue weighted by Crippen LogP contribution is -2.31. The van der Waals surface area contributed by atoms with Gasteiger partial charge in [0.25, 0.3) is 0 Å². The largest absolute Gasteiger partial charge is 0.465 e. The molecule has 1 fully saturated rings. The molecule has 0 N–H and O–H groups in total. The Bertz CT molecular complexity index is 1350. The summed E-state index contributed by atoms with van der Waals surface area (Å²) >= 11 is 0. The molecule has 5 heteroatoms. The van der Waals surface area contributed by atoms with Crippen LogP contribution >= 0.6 is 0 Å². The van der Waals surface area contributed by atoms with E-state index in [4.69, 9.17) is 4.74 Å². The number of carbonyl (C=O) groups excluding carboxylic acids is 2. The third-order valence-electron chi connectivity index (χ3n) is 7.63. The van der Waals surface area contributed by atoms with E-state index in [0.29, 0.717) is 24.6 Å². The standard InChI is InChI=1S/C35H38FNO3/c1-3-4-7-27-10-12-28(13-11-27)14-15-29-16-18-30(19-17-29)25-37(34(38)23-20-26-8-5-6-9-26)31-21-22-33(36)32(24-31)35(39)40-2/h10-13,16-19,21-22,24,26H,3-9,20,23,25H2,1-2H3. The highest BCUT2D eigenvalue weighted by molar-refractivity contribution is 5.96. The Morgan fingerprint density at radius 1 is 0.925 bits per heavy atom. The molecule has 0 heterocycles. The van der Waals surface area contributed by atoms with Crippen molar-refractivity contribution in [3.63, 3.8) is 0 Å². The van der Waals surface area contributed by atoms with Gasteiger partial charge in [0, 0.05) is 23.2 Å². The second-order valence-electron chi connectivity index (χ2n) is 10.6. The number of ether oxygens (including phenoxy) is 1. The van der Waals surface area contributed by atoms with Crippen molar-refractivity contribution in [3.8, 4) is 11.8 Å². The first-order valence-corrected chi connectivity index (χ1v) is 14.3. The fourth-order valence-electron chi connectivity index (χ4n) is 5.19. The number of anilines is 1. The molecule has 0 atom stereocenters. The van der Waals surface area contributed by atoms with Gasteiger partial charge in [0.1, 0.15) is 5.82 Å². The Hall–Kier alpha value is -3.91. The summed E-state index contributed by atoms with van der Waals surface area (Å²) in [5, 5.41) is 0. The summed E-state index contributed by atoms with van der Waals surface area (Å²) in [5.41, 5.74) is 4.40. The van der Waals surface area contributed by atoms with Crippen molar-refractivity contribution in [2.24, 2.45) is 5.92 Å². The molecule has 208 valence electrons. The second kappa shape index (κ2) is 14.5. The molecule has 4 rings (SSSR count). The van der Waals surface area contributed by atoms with Crippen LogP contribution in [0, 0.1) is 23.6 Å². The van der Waals surface area contributed by atoms with Gasteiger partial charge >= 0.3 is 5.97 Å². The highest BCUT2D eigenvalue weighted by atomic mass is 19.1. The average Bonchev–Trinajstić information content (AvgIpc) is 3.51. The van der Waals surface area contributed by atoms with E-state index in [2.05, 4.69) is 43.0 Å². The molecule has 1 saturated carbocycles. The van der Waals surface area contributed by atoms with Gasteiger partial charge in [0.2, 0.25) is 5.91 Å². The van der Waals surface area contributed by atoms with Crippen LogP contribution in [-0.4, -0.2) is 19.0 Å². The summed E-state index contributed by atoms with van der Waals surface area (Å²) in [6.45, 7) is 2.50. The van der Waals surface area contributed by atoms with E-state index >= 15 is 0 Å². The van der Waals surface area contributed by atoms with Crippen LogP contribution in [0.3, 0.4) is 0 Å². The van der Waals surface area contributed by atoms with Crippen LogP contribution in [0.25, 0.3) is 0 Å². The zero-order chi connectivity index (χ0) is 28.3. The van der Waals surface area contributed by atoms with Crippen molar-refractivity contribution in [2.45, 2.75) is 71.3 Å². The van der Waals surface area contributed by atoms with E-state index in [0.717, 1.165) is 29.5 Å². The summed E-state index contributed by atoms with van der Waals surface area (Å²) in [7, 11) is 1.21. The molecule has 0 saturated heterocycles. The lowest BCUT2D eigenvalue weighted by molar-refractivity contribution is -0.119. The van der Waals surface area contributed by atoms with Gasteiger partial charge in [-0.05, 0) is 78.8 Å². The topological polar surface area (TPSA) is 46.6 Å². The van der Waals surface area contributed by atoms with Crippen molar-refractivity contribution in [2.75, 3.05) is 12.0 Å². The van der Waals surface area contributed by atoms with Gasteiger partial charge < -0.3 is 9.64 Å². The first-order chi connectivity index (χ1) is 19.5. The Morgan fingerprint density at radius 2 is 1.55 bits per heavy atom. The monoisotopic (exact) mass is 539 g/mol. The number of esters is 1. The molecular formula is C35H38FNO3. The van der Waals surface area contributed by atoms with Crippen LogP contribution in [0.1, 0.15) is 90.9 Å². The molecule has 0 unspecified atom stereocenters. The van der Waals surface area contributed by atoms with Crippen molar-refractivity contribution >= 4 is 17.6 Å². The zero-order valence-electron chi connectivity index (χ0n) is 23.5. The number of hydrogen-bond donors (Lipinski definition) is 0. The highest BCUT2D eigenvalue weighted by Gasteiger charge is 2.22. The molecule has 3 aromatic rings. The van der Waals surface area contributed by atoms with E-state index in [1.807, 2.05) is 24.3 Å². The predicted molar refractivity (Wildman–Crippen MR) is 158 cm³/mol. The molecular weight excluding hydrogens is 501 g/mol. The van der Waals surface area contributed by atoms with Gasteiger partial charge in [-0.2, -0.15) is 0 Å². The molecule has 0 aromatic heterocycles. The maximum absolute atomic E-state index is 14.3. The maximum atomic E-state index is 14.3. The lowest BCUT2D eigenvalue weighted by Gasteiger charge is -2.24. The molecule has 1 aliphatic rings. The van der Waals surface area contributed by atoms with Crippen molar-refractivity contribution in [1.82, 2.24) is 0 Å². The molecule has 40 heavy (non-hydrogen) atoms. The Balaban J connectivity index is 1.49. The molecule has 3 aromatic carbocycles. The quantitative estimate of drug-likeness (QED) is 0.195. The number of unbranched alkanes of at least 4 members (excludes halogenated alkanes) is 1. The summed E-state index contributed by atoms with van der Waals surface area (Å²) in [5.74, 6) is 5.54. The fraction of sp³-hybridized carbons (Fsp3) is 0.371. The predicted octanol–water partition coefficient (Wildman–Crippen LogP) is 7.86. The number of nitrogens with zero attached hydrogens (tertiary/aromatic N) is 1. The van der Waals surface area contributed by atoms with E-state index < -0.39 is 11.8 Å². The van der Waals surface area contributed by atoms with Gasteiger partial charge in [-0.15, -0.1) is 0 Å². The van der Waals surface area contributed by atoms with Gasteiger partial charge in [0.05, 0.1) is 19.2 Å². The number of benzene rings is 3. The van der Waals surface area contributed by atoms with Crippen molar-refractivity contribution in [1.29, 1.82) is 0 Å². The fourth-order valence-corrected chi connectivity index (χ4v) is 5.19. The minimum atomic E-state index is -0.767. The Kier molecular flexibility index (Phi) is 10.5. The van der Waals surface area contributed by atoms with Crippen LogP contribution in [0.5, 0.6) is 0 Å². The van der Waals surface area contributed by atoms with E-state index in [1.54, 1.807) is 11.0 Å². The minimum Gasteiger partial charge on any atom is -0.465 e. The number of aryl methyl sites for hydroxylation is 1. The van der Waals surface area contributed by atoms with E-state index in [9.17, 15) is 14.0 Å². The SMILES string of the molecule is CCCCc1ccc(C#Cc2ccc(CN(C(=O)CCC3CCCC3)c3ccc(F)c(C(=O)OC)c3)cc2)cc1. The van der Waals surface area contributed by atoms with Gasteiger partial charge in [-0.1, -0.05) is 75.1 Å². The normalized spacial score (nSPS) is 13.0. The zero-order valence-corrected chi connectivity index (χ0v) is 23.5. The van der Waals surface area contributed by atoms with Crippen LogP contribution in [0.2, 0.25) is 0 Å². The van der Waals surface area contributed by atoms with E-state index in [-0.39, 0.29) is 11.5 Å². The maximum Gasteiger partial charge on any atom is 0.340 e. The number of hydrogen-bond acceptors (Lipinski definition) is 3. The highest BCUT2D eigenvalue weighted by Crippen LogP contribution is 2.30. The van der Waals surface area contributed by atoms with Gasteiger partial charge in [-0.3, -0.25) is 4.79 Å². The van der Waals surface area contributed by atoms with Crippen LogP contribution in [0.15, 0.2) is 66.7 Å². The molecule has 0 aliphatic heterocycles. The number of methoxy groups -OCH3 is 1.